The van der Waals surface area contributed by atoms with Crippen molar-refractivity contribution in [1.29, 1.82) is 0 Å². The summed E-state index contributed by atoms with van der Waals surface area (Å²) in [5.41, 5.74) is 3.95. The van der Waals surface area contributed by atoms with Crippen molar-refractivity contribution in [3.8, 4) is 0 Å². The van der Waals surface area contributed by atoms with E-state index in [1.807, 2.05) is 25.4 Å². The third kappa shape index (κ3) is 9.79. The van der Waals surface area contributed by atoms with Gasteiger partial charge in [-0.15, -0.1) is 0 Å². The number of carboxylic acid groups (broad SMARTS) is 2. The fraction of sp³-hybridized carbons (Fsp3) is 0.450. The summed E-state index contributed by atoms with van der Waals surface area (Å²) in [5.74, 6) is -3.51. The summed E-state index contributed by atoms with van der Waals surface area (Å²) in [5, 5.41) is 14.2. The Labute approximate surface area is 189 Å². The van der Waals surface area contributed by atoms with Crippen LogP contribution in [0.5, 0.6) is 0 Å². The van der Waals surface area contributed by atoms with Gasteiger partial charge in [-0.3, -0.25) is 9.88 Å². The third-order valence-corrected chi connectivity index (χ3v) is 4.27. The fourth-order valence-corrected chi connectivity index (χ4v) is 2.83. The molecule has 1 aliphatic heterocycles. The van der Waals surface area contributed by atoms with E-state index in [9.17, 15) is 26.3 Å². The van der Waals surface area contributed by atoms with E-state index >= 15 is 0 Å². The zero-order valence-electron chi connectivity index (χ0n) is 18.0. The summed E-state index contributed by atoms with van der Waals surface area (Å²) in [6, 6.07) is 4.08. The lowest BCUT2D eigenvalue weighted by Crippen LogP contribution is -2.30. The average Bonchev–Trinajstić information content (AvgIpc) is 3.12. The molecule has 3 rings (SSSR count). The molecule has 3 heterocycles. The van der Waals surface area contributed by atoms with Crippen LogP contribution >= 0.6 is 0 Å². The Morgan fingerprint density at radius 1 is 1.09 bits per heavy atom. The van der Waals surface area contributed by atoms with E-state index in [1.54, 1.807) is 7.11 Å². The number of ether oxygens (including phenoxy) is 1. The zero-order valence-corrected chi connectivity index (χ0v) is 18.0. The number of hydrogen-bond donors (Lipinski definition) is 2. The zero-order chi connectivity index (χ0) is 26.1. The van der Waals surface area contributed by atoms with Crippen LogP contribution in [-0.4, -0.2) is 58.0 Å². The SMILES string of the molecule is COCc1cncc2c1CCN(Cc1ccc(C)o1)C2.O=C(O)C(F)(F)F.O=C(O)C(F)(F)F. The number of aromatic nitrogens is 1. The quantitative estimate of drug-likeness (QED) is 0.607. The summed E-state index contributed by atoms with van der Waals surface area (Å²) in [6.07, 6.45) is -5.21. The molecule has 34 heavy (non-hydrogen) atoms. The average molecular weight is 500 g/mol. The van der Waals surface area contributed by atoms with E-state index in [4.69, 9.17) is 29.0 Å². The van der Waals surface area contributed by atoms with Crippen molar-refractivity contribution < 1.29 is 55.3 Å². The minimum absolute atomic E-state index is 0.646. The topological polar surface area (TPSA) is 113 Å². The highest BCUT2D eigenvalue weighted by Gasteiger charge is 2.38. The van der Waals surface area contributed by atoms with E-state index in [-0.39, 0.29) is 0 Å². The molecule has 0 aliphatic carbocycles. The van der Waals surface area contributed by atoms with Crippen LogP contribution in [0.2, 0.25) is 0 Å². The first-order chi connectivity index (χ1) is 15.6. The number of pyridine rings is 1. The molecule has 0 fully saturated rings. The van der Waals surface area contributed by atoms with Gasteiger partial charge in [0.05, 0.1) is 13.2 Å². The van der Waals surface area contributed by atoms with Crippen LogP contribution in [0.3, 0.4) is 0 Å². The van der Waals surface area contributed by atoms with Crippen LogP contribution in [0.15, 0.2) is 28.9 Å². The van der Waals surface area contributed by atoms with Gasteiger partial charge in [-0.05, 0) is 42.2 Å². The first-order valence-corrected chi connectivity index (χ1v) is 9.46. The monoisotopic (exact) mass is 500 g/mol. The molecule has 0 radical (unpaired) electrons. The van der Waals surface area contributed by atoms with Crippen LogP contribution in [0, 0.1) is 6.92 Å². The number of nitrogens with zero attached hydrogens (tertiary/aromatic N) is 2. The molecule has 2 aromatic rings. The second-order valence-corrected chi connectivity index (χ2v) is 6.95. The Morgan fingerprint density at radius 3 is 2.09 bits per heavy atom. The van der Waals surface area contributed by atoms with E-state index in [0.717, 1.165) is 37.6 Å². The van der Waals surface area contributed by atoms with E-state index in [2.05, 4.69) is 16.0 Å². The summed E-state index contributed by atoms with van der Waals surface area (Å²) in [4.78, 5) is 24.5. The number of fused-ring (bicyclic) bond motifs is 1. The minimum Gasteiger partial charge on any atom is -0.475 e. The van der Waals surface area contributed by atoms with Crippen molar-refractivity contribution in [3.05, 3.63) is 52.7 Å². The molecule has 0 unspecified atom stereocenters. The number of carbonyl (C=O) groups is 2. The van der Waals surface area contributed by atoms with Gasteiger partial charge in [0.25, 0.3) is 0 Å². The number of alkyl halides is 6. The highest BCUT2D eigenvalue weighted by Crippen LogP contribution is 2.23. The second kappa shape index (κ2) is 12.4. The molecular weight excluding hydrogens is 478 g/mol. The molecule has 14 heteroatoms. The molecule has 0 amide bonds. The predicted octanol–water partition coefficient (Wildman–Crippen LogP) is 3.95. The molecule has 2 N–H and O–H groups in total. The second-order valence-electron chi connectivity index (χ2n) is 6.95. The number of methoxy groups -OCH3 is 1. The molecule has 1 aliphatic rings. The Balaban J connectivity index is 0.000000343. The molecule has 2 aromatic heterocycles. The van der Waals surface area contributed by atoms with Crippen LogP contribution < -0.4 is 0 Å². The molecule has 0 atom stereocenters. The first-order valence-electron chi connectivity index (χ1n) is 9.46. The summed E-state index contributed by atoms with van der Waals surface area (Å²) >= 11 is 0. The van der Waals surface area contributed by atoms with Crippen molar-refractivity contribution in [2.24, 2.45) is 0 Å². The minimum atomic E-state index is -5.08. The largest absolute Gasteiger partial charge is 0.490 e. The maximum atomic E-state index is 10.6. The third-order valence-electron chi connectivity index (χ3n) is 4.27. The van der Waals surface area contributed by atoms with Crippen LogP contribution in [-0.2, 0) is 40.4 Å². The van der Waals surface area contributed by atoms with Gasteiger partial charge in [-0.25, -0.2) is 9.59 Å². The van der Waals surface area contributed by atoms with Crippen molar-refractivity contribution in [2.45, 2.75) is 45.4 Å². The molecule has 8 nitrogen and oxygen atoms in total. The van der Waals surface area contributed by atoms with Crippen molar-refractivity contribution >= 4 is 11.9 Å². The number of halogens is 6. The van der Waals surface area contributed by atoms with Gasteiger partial charge in [-0.1, -0.05) is 0 Å². The Hall–Kier alpha value is -3.13. The number of aliphatic carboxylic acids is 2. The van der Waals surface area contributed by atoms with Gasteiger partial charge in [-0.2, -0.15) is 26.3 Å². The smallest absolute Gasteiger partial charge is 0.475 e. The van der Waals surface area contributed by atoms with Crippen LogP contribution in [0.1, 0.15) is 28.2 Å². The maximum absolute atomic E-state index is 10.6. The van der Waals surface area contributed by atoms with Crippen LogP contribution in [0.25, 0.3) is 0 Å². The normalized spacial score (nSPS) is 13.6. The summed E-state index contributed by atoms with van der Waals surface area (Å²) in [6.45, 7) is 5.47. The standard InChI is InChI=1S/C16H20N2O2.2C2HF3O2/c1-12-3-4-15(20-12)10-18-6-5-16-13(9-18)7-17-8-14(16)11-19-2;2*3-2(4,5)1(6)7/h3-4,7-8H,5-6,9-11H2,1-2H3;2*(H,6,7). The number of rotatable bonds is 4. The lowest BCUT2D eigenvalue weighted by atomic mass is 9.97. The number of aryl methyl sites for hydroxylation is 1. The molecule has 0 saturated carbocycles. The molecule has 0 aromatic carbocycles. The van der Waals surface area contributed by atoms with Gasteiger partial charge >= 0.3 is 24.3 Å². The summed E-state index contributed by atoms with van der Waals surface area (Å²) in [7, 11) is 1.73. The lowest BCUT2D eigenvalue weighted by Gasteiger charge is -2.29. The summed E-state index contributed by atoms with van der Waals surface area (Å²) < 4.78 is 74.4. The first kappa shape index (κ1) is 28.9. The number of furan rings is 1. The van der Waals surface area contributed by atoms with E-state index in [0.29, 0.717) is 6.61 Å². The van der Waals surface area contributed by atoms with Crippen molar-refractivity contribution in [2.75, 3.05) is 13.7 Å². The van der Waals surface area contributed by atoms with Crippen molar-refractivity contribution in [3.63, 3.8) is 0 Å². The Bertz CT molecular complexity index is 934. The molecular formula is C20H22F6N2O6. The van der Waals surface area contributed by atoms with Gasteiger partial charge in [0.1, 0.15) is 11.5 Å². The maximum Gasteiger partial charge on any atom is 0.490 e. The highest BCUT2D eigenvalue weighted by molar-refractivity contribution is 5.73. The van der Waals surface area contributed by atoms with E-state index < -0.39 is 24.3 Å². The molecule has 0 spiro atoms. The predicted molar refractivity (Wildman–Crippen MR) is 104 cm³/mol. The van der Waals surface area contributed by atoms with E-state index in [1.165, 1.54) is 16.7 Å². The molecule has 190 valence electrons. The Kier molecular flexibility index (Phi) is 10.5. The highest BCUT2D eigenvalue weighted by atomic mass is 19.4. The van der Waals surface area contributed by atoms with Gasteiger partial charge < -0.3 is 19.4 Å². The van der Waals surface area contributed by atoms with Gasteiger partial charge in [0.2, 0.25) is 0 Å². The fourth-order valence-electron chi connectivity index (χ4n) is 2.83. The van der Waals surface area contributed by atoms with Gasteiger partial charge in [0.15, 0.2) is 0 Å². The van der Waals surface area contributed by atoms with Crippen molar-refractivity contribution in [1.82, 2.24) is 9.88 Å². The number of hydrogen-bond acceptors (Lipinski definition) is 6. The Morgan fingerprint density at radius 2 is 1.65 bits per heavy atom. The van der Waals surface area contributed by atoms with Crippen LogP contribution in [0.4, 0.5) is 26.3 Å². The number of carboxylic acids is 2. The molecule has 0 bridgehead atoms. The lowest BCUT2D eigenvalue weighted by molar-refractivity contribution is -0.193. The van der Waals surface area contributed by atoms with Gasteiger partial charge in [0, 0.05) is 32.6 Å². The molecule has 0 saturated heterocycles.